The van der Waals surface area contributed by atoms with Crippen molar-refractivity contribution in [3.63, 3.8) is 0 Å². The topological polar surface area (TPSA) is 70.2 Å². The molecule has 0 spiro atoms. The number of benzene rings is 2. The third-order valence-electron chi connectivity index (χ3n) is 7.76. The first-order chi connectivity index (χ1) is 17.0. The van der Waals surface area contributed by atoms with Crippen LogP contribution in [0.1, 0.15) is 63.6 Å². The van der Waals surface area contributed by atoms with E-state index >= 15 is 0 Å². The number of nitrogens with one attached hydrogen (secondary N) is 2. The molecule has 0 atom stereocenters. The summed E-state index contributed by atoms with van der Waals surface area (Å²) < 4.78 is 0. The third kappa shape index (κ3) is 3.10. The number of hydrogen-bond acceptors (Lipinski definition) is 3. The van der Waals surface area contributed by atoms with Gasteiger partial charge < -0.3 is 9.97 Å². The number of imidazole rings is 1. The van der Waals surface area contributed by atoms with Gasteiger partial charge in [0.25, 0.3) is 0 Å². The summed E-state index contributed by atoms with van der Waals surface area (Å²) in [6.07, 6.45) is 8.71. The van der Waals surface area contributed by atoms with Crippen molar-refractivity contribution in [2.45, 2.75) is 57.8 Å². The Labute approximate surface area is 204 Å². The van der Waals surface area contributed by atoms with Gasteiger partial charge in [-0.2, -0.15) is 0 Å². The lowest BCUT2D eigenvalue weighted by molar-refractivity contribution is 0.591. The highest BCUT2D eigenvalue weighted by molar-refractivity contribution is 6.21. The molecule has 1 aliphatic rings. The van der Waals surface area contributed by atoms with Crippen LogP contribution in [-0.4, -0.2) is 24.9 Å². The Balaban J connectivity index is 1.58. The van der Waals surface area contributed by atoms with E-state index in [4.69, 9.17) is 4.98 Å². The summed E-state index contributed by atoms with van der Waals surface area (Å²) in [6.45, 7) is 6.83. The number of fused-ring (bicyclic) bond motifs is 7. The Morgan fingerprint density at radius 1 is 0.800 bits per heavy atom. The van der Waals surface area contributed by atoms with Gasteiger partial charge in [-0.1, -0.05) is 39.7 Å². The second kappa shape index (κ2) is 7.38. The molecule has 0 unspecified atom stereocenters. The maximum Gasteiger partial charge on any atom is 0.140 e. The lowest BCUT2D eigenvalue weighted by atomic mass is 9.86. The minimum Gasteiger partial charge on any atom is -0.358 e. The highest BCUT2D eigenvalue weighted by atomic mass is 14.9. The first-order valence-corrected chi connectivity index (χ1v) is 12.7. The zero-order valence-corrected chi connectivity index (χ0v) is 20.4. The van der Waals surface area contributed by atoms with E-state index in [2.05, 4.69) is 71.0 Å². The Morgan fingerprint density at radius 2 is 1.51 bits per heavy atom. The van der Waals surface area contributed by atoms with E-state index in [1.54, 1.807) is 0 Å². The van der Waals surface area contributed by atoms with E-state index in [0.29, 0.717) is 5.92 Å². The fourth-order valence-electron chi connectivity index (χ4n) is 5.92. The van der Waals surface area contributed by atoms with E-state index in [0.717, 1.165) is 38.7 Å². The molecule has 0 bridgehead atoms. The van der Waals surface area contributed by atoms with E-state index in [1.807, 2.05) is 24.5 Å². The molecule has 174 valence electrons. The second-order valence-electron chi connectivity index (χ2n) is 11.0. The van der Waals surface area contributed by atoms with Crippen molar-refractivity contribution in [3.8, 4) is 11.4 Å². The molecule has 6 aromatic rings. The molecule has 0 amide bonds. The minimum atomic E-state index is 0.0773. The van der Waals surface area contributed by atoms with Crippen LogP contribution in [0.4, 0.5) is 0 Å². The van der Waals surface area contributed by atoms with Gasteiger partial charge in [0.2, 0.25) is 0 Å². The summed E-state index contributed by atoms with van der Waals surface area (Å²) in [4.78, 5) is 22.2. The molecule has 2 N–H and O–H groups in total. The van der Waals surface area contributed by atoms with Crippen LogP contribution in [0, 0.1) is 0 Å². The highest BCUT2D eigenvalue weighted by Crippen LogP contribution is 2.44. The zero-order valence-electron chi connectivity index (χ0n) is 20.4. The first kappa shape index (κ1) is 20.6. The molecule has 35 heavy (non-hydrogen) atoms. The number of H-pyrrole nitrogens is 2. The summed E-state index contributed by atoms with van der Waals surface area (Å²) in [6, 6.07) is 15.1. The molecule has 0 saturated heterocycles. The third-order valence-corrected chi connectivity index (χ3v) is 7.76. The Hall–Kier alpha value is -3.73. The molecule has 4 heterocycles. The van der Waals surface area contributed by atoms with Gasteiger partial charge in [-0.05, 0) is 66.1 Å². The number of aromatic nitrogens is 5. The molecule has 0 aliphatic heterocycles. The zero-order chi connectivity index (χ0) is 23.7. The van der Waals surface area contributed by atoms with Crippen LogP contribution in [0.3, 0.4) is 0 Å². The Morgan fingerprint density at radius 3 is 2.26 bits per heavy atom. The van der Waals surface area contributed by atoms with Crippen LogP contribution >= 0.6 is 0 Å². The standard InChI is InChI=1S/C30H29N5/c1-30(2,3)18-12-13-22-21(16-18)23(24(33-22)17-8-4-5-9-17)29-34-27-19-10-6-14-31-25(19)26-20(28(27)35-29)11-7-15-32-26/h6-7,10-17,33H,4-5,8-9H2,1-3H3,(H,34,35). The van der Waals surface area contributed by atoms with Crippen molar-refractivity contribution in [1.29, 1.82) is 0 Å². The predicted molar refractivity (Wildman–Crippen MR) is 144 cm³/mol. The quantitative estimate of drug-likeness (QED) is 0.260. The van der Waals surface area contributed by atoms with Crippen molar-refractivity contribution in [2.24, 2.45) is 0 Å². The summed E-state index contributed by atoms with van der Waals surface area (Å²) in [5.41, 5.74) is 8.96. The average molecular weight is 460 g/mol. The smallest absolute Gasteiger partial charge is 0.140 e. The monoisotopic (exact) mass is 459 g/mol. The number of hydrogen-bond donors (Lipinski definition) is 2. The molecule has 7 rings (SSSR count). The molecule has 1 aliphatic carbocycles. The van der Waals surface area contributed by atoms with Crippen LogP contribution in [0.2, 0.25) is 0 Å². The molecule has 1 saturated carbocycles. The molecule has 5 nitrogen and oxygen atoms in total. The molecule has 5 heteroatoms. The van der Waals surface area contributed by atoms with Gasteiger partial charge in [0.05, 0.1) is 22.1 Å². The summed E-state index contributed by atoms with van der Waals surface area (Å²) >= 11 is 0. The summed E-state index contributed by atoms with van der Waals surface area (Å²) in [5, 5.41) is 3.35. The maximum atomic E-state index is 5.26. The second-order valence-corrected chi connectivity index (χ2v) is 11.0. The lowest BCUT2D eigenvalue weighted by Gasteiger charge is -2.19. The van der Waals surface area contributed by atoms with Crippen LogP contribution < -0.4 is 0 Å². The van der Waals surface area contributed by atoms with E-state index in [1.165, 1.54) is 53.4 Å². The largest absolute Gasteiger partial charge is 0.358 e. The number of pyridine rings is 2. The molecule has 2 aromatic carbocycles. The van der Waals surface area contributed by atoms with Crippen molar-refractivity contribution in [1.82, 2.24) is 24.9 Å². The van der Waals surface area contributed by atoms with E-state index in [-0.39, 0.29) is 5.41 Å². The van der Waals surface area contributed by atoms with E-state index in [9.17, 15) is 0 Å². The van der Waals surface area contributed by atoms with Crippen LogP contribution in [0.5, 0.6) is 0 Å². The highest BCUT2D eigenvalue weighted by Gasteiger charge is 2.27. The Kier molecular flexibility index (Phi) is 4.35. The lowest BCUT2D eigenvalue weighted by Crippen LogP contribution is -2.10. The summed E-state index contributed by atoms with van der Waals surface area (Å²) in [5.74, 6) is 1.47. The van der Waals surface area contributed by atoms with Crippen LogP contribution in [-0.2, 0) is 5.41 Å². The van der Waals surface area contributed by atoms with Gasteiger partial charge >= 0.3 is 0 Å². The van der Waals surface area contributed by atoms with Crippen LogP contribution in [0.25, 0.3) is 55.1 Å². The molecule has 1 fully saturated rings. The van der Waals surface area contributed by atoms with Crippen molar-refractivity contribution >= 4 is 43.7 Å². The fraction of sp³-hybridized carbons (Fsp3) is 0.300. The Bertz CT molecular complexity index is 1670. The number of nitrogens with zero attached hydrogens (tertiary/aromatic N) is 3. The predicted octanol–water partition coefficient (Wildman–Crippen LogP) is 7.76. The van der Waals surface area contributed by atoms with Gasteiger partial charge in [0.15, 0.2) is 0 Å². The first-order valence-electron chi connectivity index (χ1n) is 12.7. The van der Waals surface area contributed by atoms with Gasteiger partial charge in [0.1, 0.15) is 5.82 Å². The van der Waals surface area contributed by atoms with Gasteiger partial charge in [-0.15, -0.1) is 0 Å². The molecule has 0 radical (unpaired) electrons. The van der Waals surface area contributed by atoms with Crippen LogP contribution in [0.15, 0.2) is 54.9 Å². The maximum absolute atomic E-state index is 5.26. The number of aromatic amines is 2. The van der Waals surface area contributed by atoms with E-state index < -0.39 is 0 Å². The molecular weight excluding hydrogens is 430 g/mol. The fourth-order valence-corrected chi connectivity index (χ4v) is 5.92. The van der Waals surface area contributed by atoms with Gasteiger partial charge in [-0.25, -0.2) is 4.98 Å². The molecular formula is C30H29N5. The van der Waals surface area contributed by atoms with Crippen molar-refractivity contribution in [2.75, 3.05) is 0 Å². The normalized spacial score (nSPS) is 15.3. The number of rotatable bonds is 2. The SMILES string of the molecule is CC(C)(C)c1ccc2[nH]c(C3CCCC3)c(-c3nc4c5cccnc5c5ncccc5c4[nH]3)c2c1. The van der Waals surface area contributed by atoms with Gasteiger partial charge in [0, 0.05) is 45.3 Å². The van der Waals surface area contributed by atoms with Crippen molar-refractivity contribution in [3.05, 3.63) is 66.1 Å². The summed E-state index contributed by atoms with van der Waals surface area (Å²) in [7, 11) is 0. The van der Waals surface area contributed by atoms with Gasteiger partial charge in [-0.3, -0.25) is 9.97 Å². The van der Waals surface area contributed by atoms with Crippen molar-refractivity contribution < 1.29 is 0 Å². The molecule has 4 aromatic heterocycles. The average Bonchev–Trinajstić information content (AvgIpc) is 3.61. The minimum absolute atomic E-state index is 0.0773.